The Balaban J connectivity index is 1.56. The molecule has 0 saturated carbocycles. The van der Waals surface area contributed by atoms with E-state index in [1.165, 1.54) is 10.2 Å². The summed E-state index contributed by atoms with van der Waals surface area (Å²) >= 11 is 0. The third-order valence-electron chi connectivity index (χ3n) is 4.15. The second kappa shape index (κ2) is 7.22. The van der Waals surface area contributed by atoms with Crippen LogP contribution in [0.15, 0.2) is 41.2 Å². The maximum atomic E-state index is 12.0. The zero-order valence-electron chi connectivity index (χ0n) is 13.1. The largest absolute Gasteiger partial charge is 0.354 e. The SMILES string of the molecule is O=C(Cn1nc2c(cc1=O)CCCC2)NCCc1ccccc1. The summed E-state index contributed by atoms with van der Waals surface area (Å²) in [6.07, 6.45) is 4.80. The third kappa shape index (κ3) is 4.06. The van der Waals surface area contributed by atoms with Crippen LogP contribution < -0.4 is 10.9 Å². The first kappa shape index (κ1) is 15.5. The van der Waals surface area contributed by atoms with Crippen molar-refractivity contribution in [2.45, 2.75) is 38.6 Å². The highest BCUT2D eigenvalue weighted by molar-refractivity contribution is 5.75. The van der Waals surface area contributed by atoms with Gasteiger partial charge in [-0.3, -0.25) is 9.59 Å². The number of carbonyl (C=O) groups is 1. The van der Waals surface area contributed by atoms with Crippen LogP contribution in [0.2, 0.25) is 0 Å². The molecule has 1 aromatic heterocycles. The lowest BCUT2D eigenvalue weighted by atomic mass is 9.97. The summed E-state index contributed by atoms with van der Waals surface area (Å²) in [7, 11) is 0. The van der Waals surface area contributed by atoms with Crippen LogP contribution >= 0.6 is 0 Å². The van der Waals surface area contributed by atoms with Crippen molar-refractivity contribution in [1.29, 1.82) is 0 Å². The van der Waals surface area contributed by atoms with E-state index < -0.39 is 0 Å². The van der Waals surface area contributed by atoms with Crippen molar-refractivity contribution in [3.05, 3.63) is 63.6 Å². The standard InChI is InChI=1S/C18H21N3O2/c22-17(19-11-10-14-6-2-1-3-7-14)13-21-18(23)12-15-8-4-5-9-16(15)20-21/h1-3,6-7,12H,4-5,8-11,13H2,(H,19,22). The maximum Gasteiger partial charge on any atom is 0.267 e. The van der Waals surface area contributed by atoms with E-state index in [0.29, 0.717) is 6.54 Å². The van der Waals surface area contributed by atoms with Crippen molar-refractivity contribution in [2.75, 3.05) is 6.54 Å². The van der Waals surface area contributed by atoms with Crippen molar-refractivity contribution >= 4 is 5.91 Å². The molecule has 0 radical (unpaired) electrons. The van der Waals surface area contributed by atoms with Gasteiger partial charge in [-0.15, -0.1) is 0 Å². The first-order chi connectivity index (χ1) is 11.2. The van der Waals surface area contributed by atoms with E-state index in [1.54, 1.807) is 6.07 Å². The molecule has 5 heteroatoms. The number of hydrogen-bond donors (Lipinski definition) is 1. The van der Waals surface area contributed by atoms with E-state index in [2.05, 4.69) is 10.4 Å². The molecule has 2 aromatic rings. The topological polar surface area (TPSA) is 64.0 Å². The van der Waals surface area contributed by atoms with Gasteiger partial charge in [-0.2, -0.15) is 5.10 Å². The Labute approximate surface area is 135 Å². The minimum absolute atomic E-state index is 0.0130. The number of carbonyl (C=O) groups excluding carboxylic acids is 1. The molecule has 1 heterocycles. The molecular formula is C18H21N3O2. The second-order valence-corrected chi connectivity index (χ2v) is 5.90. The highest BCUT2D eigenvalue weighted by Crippen LogP contribution is 2.16. The lowest BCUT2D eigenvalue weighted by molar-refractivity contribution is -0.121. The Morgan fingerprint density at radius 2 is 1.96 bits per heavy atom. The smallest absolute Gasteiger partial charge is 0.267 e. The van der Waals surface area contributed by atoms with Gasteiger partial charge in [-0.1, -0.05) is 30.3 Å². The van der Waals surface area contributed by atoms with Crippen molar-refractivity contribution in [3.8, 4) is 0 Å². The predicted octanol–water partition coefficient (Wildman–Crippen LogP) is 1.48. The summed E-state index contributed by atoms with van der Waals surface area (Å²) in [6.45, 7) is 0.545. The number of rotatable bonds is 5. The van der Waals surface area contributed by atoms with Crippen LogP contribution in [0.1, 0.15) is 29.7 Å². The van der Waals surface area contributed by atoms with Crippen LogP contribution in [0.25, 0.3) is 0 Å². The fraction of sp³-hybridized carbons (Fsp3) is 0.389. The van der Waals surface area contributed by atoms with Gasteiger partial charge >= 0.3 is 0 Å². The highest BCUT2D eigenvalue weighted by Gasteiger charge is 2.14. The molecule has 0 fully saturated rings. The first-order valence-electron chi connectivity index (χ1n) is 8.13. The summed E-state index contributed by atoms with van der Waals surface area (Å²) in [5.41, 5.74) is 3.00. The van der Waals surface area contributed by atoms with Gasteiger partial charge in [0, 0.05) is 12.6 Å². The van der Waals surface area contributed by atoms with Gasteiger partial charge < -0.3 is 5.32 Å². The summed E-state index contributed by atoms with van der Waals surface area (Å²) in [6, 6.07) is 11.6. The van der Waals surface area contributed by atoms with Crippen LogP contribution in [0.5, 0.6) is 0 Å². The number of aromatic nitrogens is 2. The maximum absolute atomic E-state index is 12.0. The number of hydrogen-bond acceptors (Lipinski definition) is 3. The molecule has 0 aliphatic heterocycles. The molecule has 1 aromatic carbocycles. The molecule has 3 rings (SSSR count). The lowest BCUT2D eigenvalue weighted by Crippen LogP contribution is -2.35. The van der Waals surface area contributed by atoms with E-state index in [0.717, 1.165) is 43.4 Å². The van der Waals surface area contributed by atoms with E-state index in [-0.39, 0.29) is 18.0 Å². The molecule has 1 amide bonds. The van der Waals surface area contributed by atoms with E-state index >= 15 is 0 Å². The summed E-state index contributed by atoms with van der Waals surface area (Å²) in [5.74, 6) is -0.175. The fourth-order valence-corrected chi connectivity index (χ4v) is 2.90. The molecule has 5 nitrogen and oxygen atoms in total. The summed E-state index contributed by atoms with van der Waals surface area (Å²) in [4.78, 5) is 24.1. The Hall–Kier alpha value is -2.43. The van der Waals surface area contributed by atoms with Crippen LogP contribution in [0.3, 0.4) is 0 Å². The molecule has 0 spiro atoms. The molecular weight excluding hydrogens is 290 g/mol. The molecule has 1 aliphatic carbocycles. The molecule has 1 aliphatic rings. The molecule has 0 unspecified atom stereocenters. The van der Waals surface area contributed by atoms with Crippen LogP contribution in [-0.2, 0) is 30.6 Å². The van der Waals surface area contributed by atoms with Crippen molar-refractivity contribution in [1.82, 2.24) is 15.1 Å². The minimum atomic E-state index is -0.191. The lowest BCUT2D eigenvalue weighted by Gasteiger charge is -2.15. The van der Waals surface area contributed by atoms with Crippen molar-refractivity contribution < 1.29 is 4.79 Å². The monoisotopic (exact) mass is 311 g/mol. The van der Waals surface area contributed by atoms with Crippen LogP contribution in [0, 0.1) is 0 Å². The zero-order chi connectivity index (χ0) is 16.1. The average Bonchev–Trinajstić information content (AvgIpc) is 2.56. The van der Waals surface area contributed by atoms with Crippen LogP contribution in [0.4, 0.5) is 0 Å². The van der Waals surface area contributed by atoms with E-state index in [9.17, 15) is 9.59 Å². The predicted molar refractivity (Wildman–Crippen MR) is 88.3 cm³/mol. The number of nitrogens with one attached hydrogen (secondary N) is 1. The van der Waals surface area contributed by atoms with Gasteiger partial charge in [-0.05, 0) is 43.2 Å². The number of aryl methyl sites for hydroxylation is 2. The van der Waals surface area contributed by atoms with Gasteiger partial charge in [0.15, 0.2) is 0 Å². The number of amides is 1. The molecule has 23 heavy (non-hydrogen) atoms. The molecule has 0 saturated heterocycles. The average molecular weight is 311 g/mol. The van der Waals surface area contributed by atoms with Gasteiger partial charge in [0.25, 0.3) is 5.56 Å². The molecule has 0 bridgehead atoms. The highest BCUT2D eigenvalue weighted by atomic mass is 16.2. The van der Waals surface area contributed by atoms with Crippen molar-refractivity contribution in [2.24, 2.45) is 0 Å². The van der Waals surface area contributed by atoms with E-state index in [1.807, 2.05) is 30.3 Å². The number of fused-ring (bicyclic) bond motifs is 1. The van der Waals surface area contributed by atoms with Gasteiger partial charge in [0.05, 0.1) is 5.69 Å². The van der Waals surface area contributed by atoms with Gasteiger partial charge in [-0.25, -0.2) is 4.68 Å². The Kier molecular flexibility index (Phi) is 4.86. The second-order valence-electron chi connectivity index (χ2n) is 5.90. The number of nitrogens with zero attached hydrogens (tertiary/aromatic N) is 2. The third-order valence-corrected chi connectivity index (χ3v) is 4.15. The first-order valence-corrected chi connectivity index (χ1v) is 8.13. The van der Waals surface area contributed by atoms with Crippen molar-refractivity contribution in [3.63, 3.8) is 0 Å². The van der Waals surface area contributed by atoms with E-state index in [4.69, 9.17) is 0 Å². The fourth-order valence-electron chi connectivity index (χ4n) is 2.90. The van der Waals surface area contributed by atoms with Gasteiger partial charge in [0.2, 0.25) is 5.91 Å². The Morgan fingerprint density at radius 3 is 2.78 bits per heavy atom. The Morgan fingerprint density at radius 1 is 1.17 bits per heavy atom. The zero-order valence-corrected chi connectivity index (χ0v) is 13.1. The summed E-state index contributed by atoms with van der Waals surface area (Å²) < 4.78 is 1.28. The van der Waals surface area contributed by atoms with Gasteiger partial charge in [0.1, 0.15) is 6.54 Å². The minimum Gasteiger partial charge on any atom is -0.354 e. The quantitative estimate of drug-likeness (QED) is 0.910. The summed E-state index contributed by atoms with van der Waals surface area (Å²) in [5, 5.41) is 7.21. The number of benzene rings is 1. The molecule has 1 N–H and O–H groups in total. The molecule has 0 atom stereocenters. The molecule has 120 valence electrons. The Bertz CT molecular complexity index is 738. The van der Waals surface area contributed by atoms with Crippen LogP contribution in [-0.4, -0.2) is 22.2 Å². The normalized spacial score (nSPS) is 13.4.